The number of methoxy groups -OCH3 is 2. The van der Waals surface area contributed by atoms with Gasteiger partial charge in [-0.05, 0) is 37.3 Å². The fourth-order valence-electron chi connectivity index (χ4n) is 2.55. The number of sulfonamides is 1. The first-order chi connectivity index (χ1) is 16.1. The van der Waals surface area contributed by atoms with Crippen molar-refractivity contribution in [1.29, 1.82) is 0 Å². The lowest BCUT2D eigenvalue weighted by Gasteiger charge is -2.11. The summed E-state index contributed by atoms with van der Waals surface area (Å²) in [6, 6.07) is 10.3. The summed E-state index contributed by atoms with van der Waals surface area (Å²) in [5, 5.41) is 3.23. The van der Waals surface area contributed by atoms with Crippen molar-refractivity contribution in [2.24, 2.45) is 4.40 Å². The van der Waals surface area contributed by atoms with Crippen molar-refractivity contribution in [3.8, 4) is 6.01 Å². The van der Waals surface area contributed by atoms with E-state index in [-0.39, 0.29) is 32.6 Å². The van der Waals surface area contributed by atoms with E-state index in [4.69, 9.17) is 32.7 Å². The van der Waals surface area contributed by atoms with Crippen LogP contribution in [0.4, 0.5) is 5.95 Å². The molecule has 1 heterocycles. The molecule has 0 radical (unpaired) electrons. The summed E-state index contributed by atoms with van der Waals surface area (Å²) in [5.41, 5.74) is -0.162. The van der Waals surface area contributed by atoms with E-state index < -0.39 is 16.0 Å². The van der Waals surface area contributed by atoms with Crippen molar-refractivity contribution in [2.75, 3.05) is 19.5 Å². The second-order valence-electron chi connectivity index (χ2n) is 6.36. The van der Waals surface area contributed by atoms with Crippen molar-refractivity contribution in [3.05, 3.63) is 63.9 Å². The van der Waals surface area contributed by atoms with Gasteiger partial charge in [-0.15, -0.1) is 4.40 Å². The van der Waals surface area contributed by atoms with Gasteiger partial charge < -0.3 is 14.8 Å². The molecule has 0 amide bonds. The Balaban J connectivity index is 2.09. The predicted molar refractivity (Wildman–Crippen MR) is 129 cm³/mol. The van der Waals surface area contributed by atoms with Crippen molar-refractivity contribution in [1.82, 2.24) is 15.0 Å². The van der Waals surface area contributed by atoms with E-state index in [1.807, 2.05) is 0 Å². The maximum Gasteiger partial charge on any atom is 0.339 e. The Kier molecular flexibility index (Phi) is 8.31. The Morgan fingerprint density at radius 2 is 1.79 bits per heavy atom. The first kappa shape index (κ1) is 25.7. The highest BCUT2D eigenvalue weighted by molar-refractivity contribution is 8.14. The average molecular weight is 542 g/mol. The monoisotopic (exact) mass is 541 g/mol. The van der Waals surface area contributed by atoms with Crippen LogP contribution >= 0.6 is 35.0 Å². The highest BCUT2D eigenvalue weighted by Gasteiger charge is 2.24. The fraction of sp³-hybridized carbons (Fsp3) is 0.150. The number of nitrogens with zero attached hydrogens (tertiary/aromatic N) is 4. The number of ether oxygens (including phenoxy) is 2. The van der Waals surface area contributed by atoms with Crippen LogP contribution in [0.25, 0.3) is 0 Å². The third-order valence-corrected chi connectivity index (χ3v) is 7.07. The SMILES string of the molecule is COC(=O)c1ccccc1S(=O)(=O)N=C(Nc1nc(C)nc(OC)n1)Sc1ccc(Cl)c(Cl)c1. The van der Waals surface area contributed by atoms with Gasteiger partial charge in [0, 0.05) is 4.90 Å². The molecule has 0 saturated carbocycles. The number of carbonyl (C=O) groups excluding carboxylic acids is 1. The number of nitrogens with one attached hydrogen (secondary N) is 1. The van der Waals surface area contributed by atoms with Gasteiger partial charge in [-0.3, -0.25) is 0 Å². The van der Waals surface area contributed by atoms with Crippen LogP contribution in [0, 0.1) is 6.92 Å². The summed E-state index contributed by atoms with van der Waals surface area (Å²) in [6.07, 6.45) is 0. The van der Waals surface area contributed by atoms with Gasteiger partial charge in [-0.1, -0.05) is 47.1 Å². The van der Waals surface area contributed by atoms with E-state index in [1.165, 1.54) is 31.4 Å². The second kappa shape index (κ2) is 11.0. The number of hydrogen-bond acceptors (Lipinski definition) is 9. The Morgan fingerprint density at radius 1 is 1.06 bits per heavy atom. The number of thioether (sulfide) groups is 1. The van der Waals surface area contributed by atoms with E-state index >= 15 is 0 Å². The lowest BCUT2D eigenvalue weighted by Crippen LogP contribution is -2.16. The number of amidine groups is 1. The van der Waals surface area contributed by atoms with Crippen LogP contribution in [0.15, 0.2) is 56.7 Å². The lowest BCUT2D eigenvalue weighted by molar-refractivity contribution is 0.0596. The molecule has 0 aliphatic carbocycles. The third-order valence-electron chi connectivity index (χ3n) is 4.01. The van der Waals surface area contributed by atoms with Gasteiger partial charge >= 0.3 is 12.0 Å². The molecule has 0 spiro atoms. The third kappa shape index (κ3) is 6.35. The van der Waals surface area contributed by atoms with Gasteiger partial charge in [0.05, 0.1) is 29.8 Å². The van der Waals surface area contributed by atoms with Crippen LogP contribution in [0.2, 0.25) is 10.0 Å². The van der Waals surface area contributed by atoms with E-state index in [9.17, 15) is 13.2 Å². The number of benzene rings is 2. The molecule has 0 aliphatic heterocycles. The zero-order chi connectivity index (χ0) is 24.9. The molecule has 1 aromatic heterocycles. The zero-order valence-corrected chi connectivity index (χ0v) is 21.1. The minimum Gasteiger partial charge on any atom is -0.467 e. The molecule has 14 heteroatoms. The number of halogens is 2. The number of aromatic nitrogens is 3. The summed E-state index contributed by atoms with van der Waals surface area (Å²) in [4.78, 5) is 24.5. The van der Waals surface area contributed by atoms with E-state index in [0.29, 0.717) is 15.7 Å². The Hall–Kier alpha value is -2.93. The number of carbonyl (C=O) groups is 1. The topological polar surface area (TPSA) is 133 Å². The number of aryl methyl sites for hydroxylation is 1. The molecule has 1 N–H and O–H groups in total. The smallest absolute Gasteiger partial charge is 0.339 e. The van der Waals surface area contributed by atoms with Crippen molar-refractivity contribution in [2.45, 2.75) is 16.7 Å². The molecular formula is C20H17Cl2N5O5S2. The van der Waals surface area contributed by atoms with Crippen molar-refractivity contribution in [3.63, 3.8) is 0 Å². The van der Waals surface area contributed by atoms with Crippen molar-refractivity contribution >= 4 is 62.1 Å². The van der Waals surface area contributed by atoms with Crippen LogP contribution in [-0.2, 0) is 14.8 Å². The first-order valence-corrected chi connectivity index (χ1v) is 12.3. The second-order valence-corrected chi connectivity index (χ2v) is 9.80. The minimum absolute atomic E-state index is 0.00730. The molecule has 0 saturated heterocycles. The van der Waals surface area contributed by atoms with E-state index in [2.05, 4.69) is 24.7 Å². The van der Waals surface area contributed by atoms with E-state index in [0.717, 1.165) is 18.9 Å². The van der Waals surface area contributed by atoms with Gasteiger partial charge in [-0.25, -0.2) is 4.79 Å². The lowest BCUT2D eigenvalue weighted by atomic mass is 10.2. The van der Waals surface area contributed by atoms with Crippen molar-refractivity contribution < 1.29 is 22.7 Å². The molecule has 2 aromatic carbocycles. The quantitative estimate of drug-likeness (QED) is 0.209. The number of hydrogen-bond donors (Lipinski definition) is 1. The average Bonchev–Trinajstić information content (AvgIpc) is 2.80. The molecule has 34 heavy (non-hydrogen) atoms. The van der Waals surface area contributed by atoms with Gasteiger partial charge in [0.25, 0.3) is 10.0 Å². The fourth-order valence-corrected chi connectivity index (χ4v) is 5.07. The number of anilines is 1. The summed E-state index contributed by atoms with van der Waals surface area (Å²) in [7, 11) is -1.85. The standard InChI is InChI=1S/C20H17Cl2N5O5S2/c1-11-23-18(25-19(24-11)32-3)26-20(33-12-8-9-14(21)15(22)10-12)27-34(29,30)16-7-5-4-6-13(16)17(28)31-2/h4-10H,1-3H3,(H,23,24,25,26,27). The maximum absolute atomic E-state index is 13.2. The molecule has 10 nitrogen and oxygen atoms in total. The maximum atomic E-state index is 13.2. The van der Waals surface area contributed by atoms with Gasteiger partial charge in [0.2, 0.25) is 5.95 Å². The van der Waals surface area contributed by atoms with Gasteiger partial charge in [0.15, 0.2) is 5.17 Å². The van der Waals surface area contributed by atoms with Crippen LogP contribution < -0.4 is 10.1 Å². The molecule has 0 atom stereocenters. The number of rotatable bonds is 6. The van der Waals surface area contributed by atoms with E-state index in [1.54, 1.807) is 25.1 Å². The molecule has 0 unspecified atom stereocenters. The van der Waals surface area contributed by atoms with Gasteiger partial charge in [-0.2, -0.15) is 23.4 Å². The molecule has 0 aliphatic rings. The number of esters is 1. The largest absolute Gasteiger partial charge is 0.467 e. The molecule has 0 fully saturated rings. The summed E-state index contributed by atoms with van der Waals surface area (Å²) < 4.78 is 40.0. The van der Waals surface area contributed by atoms with Gasteiger partial charge in [0.1, 0.15) is 10.7 Å². The predicted octanol–water partition coefficient (Wildman–Crippen LogP) is 4.23. The van der Waals surface area contributed by atoms with Crippen LogP contribution in [-0.4, -0.2) is 48.7 Å². The molecule has 0 bridgehead atoms. The van der Waals surface area contributed by atoms with Crippen LogP contribution in [0.3, 0.4) is 0 Å². The highest BCUT2D eigenvalue weighted by atomic mass is 35.5. The molecular weight excluding hydrogens is 525 g/mol. The molecule has 3 aromatic rings. The molecule has 3 rings (SSSR count). The summed E-state index contributed by atoms with van der Waals surface area (Å²) >= 11 is 13.0. The highest BCUT2D eigenvalue weighted by Crippen LogP contribution is 2.30. The Morgan fingerprint density at radius 3 is 2.47 bits per heavy atom. The Labute approximate surface area is 209 Å². The van der Waals surface area contributed by atoms with Crippen LogP contribution in [0.5, 0.6) is 6.01 Å². The summed E-state index contributed by atoms with van der Waals surface area (Å²) in [6.45, 7) is 1.61. The first-order valence-electron chi connectivity index (χ1n) is 9.32. The normalized spacial score (nSPS) is 11.7. The minimum atomic E-state index is -4.39. The Bertz CT molecular complexity index is 1370. The van der Waals surface area contributed by atoms with Crippen LogP contribution in [0.1, 0.15) is 16.2 Å². The molecule has 178 valence electrons. The summed E-state index contributed by atoms with van der Waals surface area (Å²) in [5.74, 6) is -0.502. The zero-order valence-electron chi connectivity index (χ0n) is 17.9.